The molecule has 19 heavy (non-hydrogen) atoms. The van der Waals surface area contributed by atoms with Gasteiger partial charge in [-0.1, -0.05) is 18.2 Å². The predicted octanol–water partition coefficient (Wildman–Crippen LogP) is 3.80. The van der Waals surface area contributed by atoms with E-state index >= 15 is 0 Å². The third-order valence-corrected chi connectivity index (χ3v) is 3.61. The molecule has 0 atom stereocenters. The molecule has 0 amide bonds. The Bertz CT molecular complexity index is 649. The molecular weight excluding hydrogens is 261 g/mol. The van der Waals surface area contributed by atoms with Gasteiger partial charge in [-0.05, 0) is 29.8 Å². The molecule has 2 aromatic rings. The van der Waals surface area contributed by atoms with Crippen molar-refractivity contribution in [2.24, 2.45) is 0 Å². The molecule has 0 bridgehead atoms. The smallest absolute Gasteiger partial charge is 0.150 e. The van der Waals surface area contributed by atoms with Gasteiger partial charge in [0.25, 0.3) is 0 Å². The summed E-state index contributed by atoms with van der Waals surface area (Å²) in [7, 11) is 0. The number of hydrogen-bond donors (Lipinski definition) is 0. The van der Waals surface area contributed by atoms with Crippen molar-refractivity contribution >= 4 is 18.0 Å². The van der Waals surface area contributed by atoms with E-state index in [1.165, 1.54) is 17.8 Å². The second kappa shape index (κ2) is 6.17. The van der Waals surface area contributed by atoms with Crippen molar-refractivity contribution in [3.63, 3.8) is 0 Å². The number of aldehydes is 1. The fourth-order valence-corrected chi connectivity index (χ4v) is 2.52. The molecule has 0 aliphatic heterocycles. The zero-order valence-corrected chi connectivity index (χ0v) is 10.8. The Morgan fingerprint density at radius 1 is 1.26 bits per heavy atom. The number of thioether (sulfide) groups is 1. The summed E-state index contributed by atoms with van der Waals surface area (Å²) in [6, 6.07) is 13.5. The molecule has 0 N–H and O–H groups in total. The van der Waals surface area contributed by atoms with E-state index in [1.807, 2.05) is 12.1 Å². The predicted molar refractivity (Wildman–Crippen MR) is 72.5 cm³/mol. The van der Waals surface area contributed by atoms with Crippen molar-refractivity contribution in [2.75, 3.05) is 0 Å². The van der Waals surface area contributed by atoms with Crippen LogP contribution >= 0.6 is 11.8 Å². The Morgan fingerprint density at radius 3 is 2.79 bits per heavy atom. The first-order valence-electron chi connectivity index (χ1n) is 5.59. The van der Waals surface area contributed by atoms with E-state index in [2.05, 4.69) is 0 Å². The molecule has 0 spiro atoms. The van der Waals surface area contributed by atoms with Gasteiger partial charge >= 0.3 is 0 Å². The fourth-order valence-electron chi connectivity index (χ4n) is 1.57. The highest BCUT2D eigenvalue weighted by molar-refractivity contribution is 7.98. The number of halogens is 1. The average molecular weight is 271 g/mol. The Kier molecular flexibility index (Phi) is 4.32. The molecule has 0 aliphatic rings. The van der Waals surface area contributed by atoms with Crippen LogP contribution in [-0.4, -0.2) is 6.29 Å². The number of benzene rings is 2. The van der Waals surface area contributed by atoms with Gasteiger partial charge in [0.15, 0.2) is 0 Å². The zero-order valence-electron chi connectivity index (χ0n) is 9.97. The molecule has 0 unspecified atom stereocenters. The summed E-state index contributed by atoms with van der Waals surface area (Å²) in [6.45, 7) is 0. The molecule has 0 heterocycles. The van der Waals surface area contributed by atoms with E-state index < -0.39 is 0 Å². The molecule has 0 saturated heterocycles. The van der Waals surface area contributed by atoms with Gasteiger partial charge in [0.2, 0.25) is 0 Å². The van der Waals surface area contributed by atoms with Crippen molar-refractivity contribution in [3.05, 3.63) is 65.0 Å². The van der Waals surface area contributed by atoms with E-state index in [0.717, 1.165) is 11.2 Å². The van der Waals surface area contributed by atoms with Gasteiger partial charge in [0.05, 0.1) is 11.6 Å². The van der Waals surface area contributed by atoms with Crippen LogP contribution in [0.3, 0.4) is 0 Å². The number of hydrogen-bond acceptors (Lipinski definition) is 3. The van der Waals surface area contributed by atoms with Gasteiger partial charge in [-0.2, -0.15) is 5.26 Å². The van der Waals surface area contributed by atoms with Crippen LogP contribution in [0, 0.1) is 17.1 Å². The molecule has 2 nitrogen and oxygen atoms in total. The van der Waals surface area contributed by atoms with E-state index in [9.17, 15) is 9.18 Å². The Labute approximate surface area is 114 Å². The molecule has 0 saturated carbocycles. The topological polar surface area (TPSA) is 40.9 Å². The van der Waals surface area contributed by atoms with E-state index in [-0.39, 0.29) is 5.82 Å². The third-order valence-electron chi connectivity index (χ3n) is 2.57. The first-order valence-corrected chi connectivity index (χ1v) is 6.58. The highest BCUT2D eigenvalue weighted by atomic mass is 32.2. The Balaban J connectivity index is 2.10. The first-order chi connectivity index (χ1) is 9.22. The molecule has 0 aromatic heterocycles. The number of nitrogens with zero attached hydrogens (tertiary/aromatic N) is 1. The van der Waals surface area contributed by atoms with Gasteiger partial charge in [0.1, 0.15) is 12.1 Å². The fraction of sp³-hybridized carbons (Fsp3) is 0.0667. The van der Waals surface area contributed by atoms with Crippen LogP contribution < -0.4 is 0 Å². The van der Waals surface area contributed by atoms with Gasteiger partial charge in [0, 0.05) is 16.2 Å². The van der Waals surface area contributed by atoms with Crippen LogP contribution in [0.2, 0.25) is 0 Å². The van der Waals surface area contributed by atoms with E-state index in [0.29, 0.717) is 22.4 Å². The Hall–Kier alpha value is -2.12. The maximum atomic E-state index is 13.7. The van der Waals surface area contributed by atoms with Gasteiger partial charge < -0.3 is 0 Å². The van der Waals surface area contributed by atoms with Crippen LogP contribution in [0.15, 0.2) is 47.4 Å². The monoisotopic (exact) mass is 271 g/mol. The molecule has 2 aromatic carbocycles. The number of nitriles is 1. The third kappa shape index (κ3) is 3.43. The van der Waals surface area contributed by atoms with Crippen molar-refractivity contribution in [1.29, 1.82) is 5.26 Å². The summed E-state index contributed by atoms with van der Waals surface area (Å²) >= 11 is 1.45. The number of carbonyl (C=O) groups excluding carboxylic acids is 1. The minimum absolute atomic E-state index is 0.314. The Morgan fingerprint density at radius 2 is 2.11 bits per heavy atom. The molecule has 0 radical (unpaired) electrons. The number of rotatable bonds is 4. The lowest BCUT2D eigenvalue weighted by atomic mass is 10.1. The maximum Gasteiger partial charge on any atom is 0.150 e. The first kappa shape index (κ1) is 13.3. The zero-order chi connectivity index (χ0) is 13.7. The summed E-state index contributed by atoms with van der Waals surface area (Å²) in [5, 5.41) is 8.66. The number of carbonyl (C=O) groups is 1. The van der Waals surface area contributed by atoms with E-state index in [1.54, 1.807) is 30.3 Å². The lowest BCUT2D eigenvalue weighted by Crippen LogP contribution is -1.89. The van der Waals surface area contributed by atoms with Crippen molar-refractivity contribution in [2.45, 2.75) is 10.6 Å². The molecule has 0 fully saturated rings. The molecular formula is C15H10FNOS. The highest BCUT2D eigenvalue weighted by Crippen LogP contribution is 2.24. The molecule has 94 valence electrons. The van der Waals surface area contributed by atoms with Gasteiger partial charge in [-0.25, -0.2) is 4.39 Å². The van der Waals surface area contributed by atoms with Crippen molar-refractivity contribution in [3.8, 4) is 6.07 Å². The highest BCUT2D eigenvalue weighted by Gasteiger charge is 2.04. The summed E-state index contributed by atoms with van der Waals surface area (Å²) in [5.74, 6) is 0.0814. The standard InChI is InChI=1S/C15H10FNOS/c16-15-7-11(8-17)4-5-13(15)10-19-14-3-1-2-12(6-14)9-18/h1-7,9H,10H2. The molecule has 0 aliphatic carbocycles. The summed E-state index contributed by atoms with van der Waals surface area (Å²) in [5.41, 5.74) is 1.46. The minimum atomic E-state index is -0.377. The minimum Gasteiger partial charge on any atom is -0.298 e. The normalized spacial score (nSPS) is 9.89. The maximum absolute atomic E-state index is 13.7. The lowest BCUT2D eigenvalue weighted by Gasteiger charge is -2.04. The second-order valence-electron chi connectivity index (χ2n) is 3.90. The largest absolute Gasteiger partial charge is 0.298 e. The SMILES string of the molecule is N#Cc1ccc(CSc2cccc(C=O)c2)c(F)c1. The van der Waals surface area contributed by atoms with Crippen LogP contribution in [0.4, 0.5) is 4.39 Å². The lowest BCUT2D eigenvalue weighted by molar-refractivity contribution is 0.112. The summed E-state index contributed by atoms with van der Waals surface area (Å²) in [4.78, 5) is 11.6. The van der Waals surface area contributed by atoms with E-state index in [4.69, 9.17) is 5.26 Å². The average Bonchev–Trinajstić information content (AvgIpc) is 2.46. The van der Waals surface area contributed by atoms with Crippen LogP contribution in [0.5, 0.6) is 0 Å². The van der Waals surface area contributed by atoms with Crippen molar-refractivity contribution < 1.29 is 9.18 Å². The quantitative estimate of drug-likeness (QED) is 0.627. The molecule has 2 rings (SSSR count). The van der Waals surface area contributed by atoms with Gasteiger partial charge in [-0.3, -0.25) is 4.79 Å². The summed E-state index contributed by atoms with van der Waals surface area (Å²) < 4.78 is 13.7. The van der Waals surface area contributed by atoms with Gasteiger partial charge in [-0.15, -0.1) is 11.8 Å². The van der Waals surface area contributed by atoms with Crippen molar-refractivity contribution in [1.82, 2.24) is 0 Å². The van der Waals surface area contributed by atoms with Crippen LogP contribution in [0.25, 0.3) is 0 Å². The molecule has 4 heteroatoms. The summed E-state index contributed by atoms with van der Waals surface area (Å²) in [6.07, 6.45) is 0.784. The van der Waals surface area contributed by atoms with Crippen LogP contribution in [-0.2, 0) is 5.75 Å². The second-order valence-corrected chi connectivity index (χ2v) is 4.95. The van der Waals surface area contributed by atoms with Crippen LogP contribution in [0.1, 0.15) is 21.5 Å².